The number of imidazole rings is 1. The van der Waals surface area contributed by atoms with Crippen LogP contribution >= 0.6 is 36.6 Å². The third-order valence-corrected chi connectivity index (χ3v) is 5.29. The van der Waals surface area contributed by atoms with Gasteiger partial charge in [-0.1, -0.05) is 36.0 Å². The molecule has 0 amide bonds. The molecule has 0 bridgehead atoms. The molecule has 0 fully saturated rings. The Balaban J connectivity index is 0.00000140. The summed E-state index contributed by atoms with van der Waals surface area (Å²) in [4.78, 5) is 8.00. The first-order chi connectivity index (χ1) is 12.6. The van der Waals surface area contributed by atoms with Crippen molar-refractivity contribution in [1.82, 2.24) is 9.97 Å². The van der Waals surface area contributed by atoms with Gasteiger partial charge in [0.25, 0.3) is 0 Å². The summed E-state index contributed by atoms with van der Waals surface area (Å²) >= 11 is 1.62. The number of ether oxygens (including phenoxy) is 1. The van der Waals surface area contributed by atoms with E-state index in [-0.39, 0.29) is 36.0 Å². The van der Waals surface area contributed by atoms with Gasteiger partial charge < -0.3 is 21.2 Å². The molecule has 2 aromatic carbocycles. The van der Waals surface area contributed by atoms with Gasteiger partial charge in [-0.3, -0.25) is 0 Å². The number of halogens is 2. The third kappa shape index (κ3) is 4.35. The van der Waals surface area contributed by atoms with E-state index in [4.69, 9.17) is 16.2 Å². The highest BCUT2D eigenvalue weighted by atomic mass is 35.5. The first-order valence-corrected chi connectivity index (χ1v) is 8.97. The number of methoxy groups -OCH3 is 1. The molecule has 7 nitrogen and oxygen atoms in total. The number of hydrogen-bond donors (Lipinski definition) is 3. The minimum atomic E-state index is -0.0542. The summed E-state index contributed by atoms with van der Waals surface area (Å²) < 4.78 is 5.27. The van der Waals surface area contributed by atoms with Crippen molar-refractivity contribution in [3.8, 4) is 5.75 Å². The minimum absolute atomic E-state index is 0. The Bertz CT molecular complexity index is 1030. The van der Waals surface area contributed by atoms with E-state index >= 15 is 0 Å². The lowest BCUT2D eigenvalue weighted by Crippen LogP contribution is -2.22. The smallest absolute Gasteiger partial charge is 0.211 e. The van der Waals surface area contributed by atoms with Crippen molar-refractivity contribution in [3.05, 3.63) is 53.6 Å². The highest BCUT2D eigenvalue weighted by molar-refractivity contribution is 8.00. The molecule has 1 aromatic heterocycles. The highest BCUT2D eigenvalue weighted by Crippen LogP contribution is 2.35. The highest BCUT2D eigenvalue weighted by Gasteiger charge is 2.30. The van der Waals surface area contributed by atoms with Gasteiger partial charge in [-0.15, -0.1) is 29.9 Å². The number of nitrogens with one attached hydrogen (secondary N) is 1. The number of guanidine groups is 1. The van der Waals surface area contributed by atoms with Gasteiger partial charge in [0.2, 0.25) is 5.96 Å². The van der Waals surface area contributed by atoms with E-state index in [0.29, 0.717) is 0 Å². The molecule has 1 aliphatic carbocycles. The fourth-order valence-corrected chi connectivity index (χ4v) is 4.17. The number of thioether (sulfide) groups is 1. The predicted molar refractivity (Wildman–Crippen MR) is 119 cm³/mol. The zero-order valence-electron chi connectivity index (χ0n) is 15.0. The topological polar surface area (TPSA) is 115 Å². The summed E-state index contributed by atoms with van der Waals surface area (Å²) in [6.07, 6.45) is 0.847. The fraction of sp³-hybridized carbons (Fsp3) is 0.167. The van der Waals surface area contributed by atoms with Crippen LogP contribution in [0.2, 0.25) is 0 Å². The van der Waals surface area contributed by atoms with E-state index in [1.54, 1.807) is 18.9 Å². The SMILES string of the molecule is COc1ccc2nc(SC3Cc4ccccc4/C3=N\N=C(N)N)[nH]c2c1.Cl.Cl. The van der Waals surface area contributed by atoms with Crippen LogP contribution in [0, 0.1) is 0 Å². The van der Waals surface area contributed by atoms with Crippen LogP contribution in [0.4, 0.5) is 0 Å². The van der Waals surface area contributed by atoms with Gasteiger partial charge in [0.15, 0.2) is 5.16 Å². The second-order valence-electron chi connectivity index (χ2n) is 5.90. The standard InChI is InChI=1S/C18H18N6OS.2ClH/c1-25-11-6-7-13-14(9-11)22-18(21-13)26-15-8-10-4-2-3-5-12(10)16(15)23-24-17(19)20;;/h2-7,9,15H,8H2,1H3,(H,21,22)(H4,19,20,24);2*1H/b23-16+;;. The summed E-state index contributed by atoms with van der Waals surface area (Å²) in [5.41, 5.74) is 15.9. The Hall–Kier alpha value is -2.42. The number of aromatic nitrogens is 2. The first kappa shape index (κ1) is 21.9. The number of rotatable bonds is 4. The number of H-pyrrole nitrogens is 1. The molecule has 0 saturated heterocycles. The van der Waals surface area contributed by atoms with E-state index in [1.165, 1.54) is 5.56 Å². The van der Waals surface area contributed by atoms with Crippen LogP contribution in [0.3, 0.4) is 0 Å². The lowest BCUT2D eigenvalue weighted by Gasteiger charge is -2.07. The Kier molecular flexibility index (Phi) is 7.17. The van der Waals surface area contributed by atoms with E-state index in [9.17, 15) is 0 Å². The average molecular weight is 439 g/mol. The summed E-state index contributed by atoms with van der Waals surface area (Å²) in [6.45, 7) is 0. The quantitative estimate of drug-likeness (QED) is 0.328. The molecule has 148 valence electrons. The summed E-state index contributed by atoms with van der Waals surface area (Å²) in [6, 6.07) is 13.9. The number of benzene rings is 2. The summed E-state index contributed by atoms with van der Waals surface area (Å²) in [5, 5.41) is 9.06. The Morgan fingerprint density at radius 2 is 2.00 bits per heavy atom. The molecule has 10 heteroatoms. The van der Waals surface area contributed by atoms with Gasteiger partial charge in [0, 0.05) is 11.6 Å². The van der Waals surface area contributed by atoms with Crippen molar-refractivity contribution < 1.29 is 4.74 Å². The molecule has 0 saturated carbocycles. The molecule has 28 heavy (non-hydrogen) atoms. The third-order valence-electron chi connectivity index (χ3n) is 4.20. The van der Waals surface area contributed by atoms with Crippen molar-refractivity contribution in [3.63, 3.8) is 0 Å². The molecule has 3 aromatic rings. The van der Waals surface area contributed by atoms with Gasteiger partial charge in [0.05, 0.1) is 29.1 Å². The molecular weight excluding hydrogens is 419 g/mol. The molecule has 1 heterocycles. The molecule has 0 aliphatic heterocycles. The second kappa shape index (κ2) is 9.18. The van der Waals surface area contributed by atoms with Gasteiger partial charge in [-0.2, -0.15) is 5.10 Å². The number of aromatic amines is 1. The van der Waals surface area contributed by atoms with E-state index < -0.39 is 0 Å². The molecule has 0 spiro atoms. The van der Waals surface area contributed by atoms with E-state index in [1.807, 2.05) is 36.4 Å². The molecule has 1 unspecified atom stereocenters. The molecule has 4 rings (SSSR count). The summed E-state index contributed by atoms with van der Waals surface area (Å²) in [5.74, 6) is 0.738. The maximum atomic E-state index is 5.45. The van der Waals surface area contributed by atoms with Crippen LogP contribution < -0.4 is 16.2 Å². The zero-order valence-corrected chi connectivity index (χ0v) is 17.4. The molecule has 0 radical (unpaired) electrons. The van der Waals surface area contributed by atoms with Crippen LogP contribution in [0.5, 0.6) is 5.75 Å². The lowest BCUT2D eigenvalue weighted by molar-refractivity contribution is 0.415. The number of nitrogens with two attached hydrogens (primary N) is 2. The first-order valence-electron chi connectivity index (χ1n) is 8.09. The largest absolute Gasteiger partial charge is 0.497 e. The number of fused-ring (bicyclic) bond motifs is 2. The van der Waals surface area contributed by atoms with Gasteiger partial charge >= 0.3 is 0 Å². The Morgan fingerprint density at radius 3 is 2.75 bits per heavy atom. The van der Waals surface area contributed by atoms with E-state index in [2.05, 4.69) is 26.2 Å². The van der Waals surface area contributed by atoms with Crippen molar-refractivity contribution >= 4 is 59.3 Å². The van der Waals surface area contributed by atoms with Gasteiger partial charge in [0.1, 0.15) is 5.75 Å². The van der Waals surface area contributed by atoms with Crippen LogP contribution in [0.1, 0.15) is 11.1 Å². The molecule has 1 aliphatic rings. The van der Waals surface area contributed by atoms with Gasteiger partial charge in [-0.25, -0.2) is 4.98 Å². The predicted octanol–water partition coefficient (Wildman–Crippen LogP) is 3.11. The maximum Gasteiger partial charge on any atom is 0.211 e. The molecule has 5 N–H and O–H groups in total. The number of hydrogen-bond acceptors (Lipinski definition) is 5. The van der Waals surface area contributed by atoms with Gasteiger partial charge in [-0.05, 0) is 24.1 Å². The van der Waals surface area contributed by atoms with Crippen molar-refractivity contribution in [2.75, 3.05) is 7.11 Å². The normalized spacial score (nSPS) is 16.2. The Morgan fingerprint density at radius 1 is 1.21 bits per heavy atom. The van der Waals surface area contributed by atoms with Crippen LogP contribution in [0.15, 0.2) is 57.8 Å². The Labute approximate surface area is 178 Å². The fourth-order valence-electron chi connectivity index (χ4n) is 3.03. The minimum Gasteiger partial charge on any atom is -0.497 e. The van der Waals surface area contributed by atoms with Crippen LogP contribution in [-0.4, -0.2) is 34.0 Å². The second-order valence-corrected chi connectivity index (χ2v) is 7.09. The number of nitrogens with zero attached hydrogens (tertiary/aromatic N) is 3. The molecular formula is C18H20Cl2N6OS. The van der Waals surface area contributed by atoms with E-state index in [0.717, 1.165) is 39.6 Å². The van der Waals surface area contributed by atoms with Crippen molar-refractivity contribution in [2.24, 2.45) is 21.7 Å². The monoisotopic (exact) mass is 438 g/mol. The van der Waals surface area contributed by atoms with Crippen LogP contribution in [0.25, 0.3) is 11.0 Å². The van der Waals surface area contributed by atoms with Crippen molar-refractivity contribution in [1.29, 1.82) is 0 Å². The average Bonchev–Trinajstić information content (AvgIpc) is 3.19. The zero-order chi connectivity index (χ0) is 18.1. The maximum absolute atomic E-state index is 5.45. The lowest BCUT2D eigenvalue weighted by atomic mass is 10.1. The van der Waals surface area contributed by atoms with Crippen LogP contribution in [-0.2, 0) is 6.42 Å². The summed E-state index contributed by atoms with van der Waals surface area (Å²) in [7, 11) is 1.65. The molecule has 1 atom stereocenters. The van der Waals surface area contributed by atoms with Crippen molar-refractivity contribution in [2.45, 2.75) is 16.8 Å².